The van der Waals surface area contributed by atoms with Crippen LogP contribution in [-0.4, -0.2) is 18.1 Å². The Bertz CT molecular complexity index is 828. The van der Waals surface area contributed by atoms with Gasteiger partial charge in [-0.1, -0.05) is 19.1 Å². The average Bonchev–Trinajstić information content (AvgIpc) is 2.61. The Morgan fingerprint density at radius 2 is 1.58 bits per heavy atom. The van der Waals surface area contributed by atoms with E-state index in [0.717, 1.165) is 19.1 Å². The van der Waals surface area contributed by atoms with E-state index in [4.69, 9.17) is 12.2 Å². The summed E-state index contributed by atoms with van der Waals surface area (Å²) in [6, 6.07) is 7.01. The van der Waals surface area contributed by atoms with Gasteiger partial charge < -0.3 is 10.1 Å². The lowest BCUT2D eigenvalue weighted by Crippen LogP contribution is -2.35. The molecule has 9 heteroatoms. The minimum absolute atomic E-state index is 0.297. The monoisotopic (exact) mass is 386 g/mol. The highest BCUT2D eigenvalue weighted by molar-refractivity contribution is 7.80. The minimum atomic E-state index is -1.88. The smallest absolute Gasteiger partial charge is 0.263 e. The molecular weight excluding hydrogens is 372 g/mol. The van der Waals surface area contributed by atoms with Crippen LogP contribution in [0, 0.1) is 23.3 Å². The highest BCUT2D eigenvalue weighted by Crippen LogP contribution is 2.29. The molecule has 26 heavy (non-hydrogen) atoms. The van der Waals surface area contributed by atoms with E-state index in [2.05, 4.69) is 10.1 Å². The van der Waals surface area contributed by atoms with Gasteiger partial charge in [0.15, 0.2) is 22.5 Å². The number of rotatable bonds is 4. The maximum Gasteiger partial charge on any atom is 0.263 e. The van der Waals surface area contributed by atoms with E-state index < -0.39 is 40.5 Å². The predicted octanol–water partition coefficient (Wildman–Crippen LogP) is 3.94. The van der Waals surface area contributed by atoms with Gasteiger partial charge in [0.25, 0.3) is 5.91 Å². The lowest BCUT2D eigenvalue weighted by Gasteiger charge is -2.13. The van der Waals surface area contributed by atoms with E-state index in [1.54, 1.807) is 12.1 Å². The zero-order chi connectivity index (χ0) is 19.4. The van der Waals surface area contributed by atoms with Crippen LogP contribution in [0.3, 0.4) is 0 Å². The van der Waals surface area contributed by atoms with Gasteiger partial charge in [0.1, 0.15) is 5.56 Å². The van der Waals surface area contributed by atoms with Gasteiger partial charge in [0.2, 0.25) is 11.6 Å². The van der Waals surface area contributed by atoms with E-state index in [9.17, 15) is 22.4 Å². The van der Waals surface area contributed by atoms with Crippen molar-refractivity contribution in [2.24, 2.45) is 0 Å². The molecular formula is C17H14F4N2O2S. The molecule has 2 aromatic rings. The molecule has 0 aliphatic heterocycles. The molecule has 2 aromatic carbocycles. The molecule has 0 heterocycles. The third kappa shape index (κ3) is 3.93. The molecule has 0 spiro atoms. The molecule has 0 unspecified atom stereocenters. The number of carbonyl (C=O) groups is 1. The maximum absolute atomic E-state index is 13.9. The highest BCUT2D eigenvalue weighted by Gasteiger charge is 2.30. The number of nitrogens with one attached hydrogen (secondary N) is 2. The Morgan fingerprint density at radius 3 is 2.04 bits per heavy atom. The summed E-state index contributed by atoms with van der Waals surface area (Å²) in [5.41, 5.74) is 0.144. The van der Waals surface area contributed by atoms with Gasteiger partial charge in [-0.05, 0) is 36.3 Å². The number of benzene rings is 2. The first-order valence-corrected chi connectivity index (χ1v) is 7.82. The summed E-state index contributed by atoms with van der Waals surface area (Å²) in [5.74, 6) is -10.1. The van der Waals surface area contributed by atoms with Crippen LogP contribution in [-0.2, 0) is 6.42 Å². The molecule has 0 aliphatic carbocycles. The van der Waals surface area contributed by atoms with Gasteiger partial charge in [0.05, 0.1) is 7.11 Å². The standard InChI is InChI=1S/C17H14F4N2O2S/c1-3-8-4-6-9(7-5-8)22-17(26)23-16(24)10-11(18)13(20)15(25-2)14(21)12(10)19/h4-7H,3H2,1-2H3,(H2,22,23,24,26). The molecule has 0 fully saturated rings. The normalized spacial score (nSPS) is 10.4. The number of amides is 1. The van der Waals surface area contributed by atoms with Gasteiger partial charge in [-0.25, -0.2) is 8.78 Å². The van der Waals surface area contributed by atoms with Crippen molar-refractivity contribution in [2.45, 2.75) is 13.3 Å². The van der Waals surface area contributed by atoms with Crippen LogP contribution in [0.2, 0.25) is 0 Å². The molecule has 0 bridgehead atoms. The summed E-state index contributed by atoms with van der Waals surface area (Å²) in [7, 11) is 0.836. The fraction of sp³-hybridized carbons (Fsp3) is 0.176. The summed E-state index contributed by atoms with van der Waals surface area (Å²) in [5, 5.41) is 4.30. The second kappa shape index (κ2) is 8.13. The van der Waals surface area contributed by atoms with Gasteiger partial charge >= 0.3 is 0 Å². The third-order valence-electron chi connectivity index (χ3n) is 3.50. The number of anilines is 1. The van der Waals surface area contributed by atoms with Crippen molar-refractivity contribution in [3.8, 4) is 5.75 Å². The Labute approximate surface area is 152 Å². The van der Waals surface area contributed by atoms with Crippen molar-refractivity contribution in [3.05, 3.63) is 58.7 Å². The molecule has 2 rings (SSSR count). The number of aryl methyl sites for hydroxylation is 1. The van der Waals surface area contributed by atoms with Crippen LogP contribution in [0.5, 0.6) is 5.75 Å². The first-order valence-electron chi connectivity index (χ1n) is 7.41. The molecule has 0 aromatic heterocycles. The number of ether oxygens (including phenoxy) is 1. The lowest BCUT2D eigenvalue weighted by molar-refractivity contribution is 0.0966. The molecule has 4 nitrogen and oxygen atoms in total. The van der Waals surface area contributed by atoms with E-state index in [1.165, 1.54) is 0 Å². The SMILES string of the molecule is CCc1ccc(NC(=S)NC(=O)c2c(F)c(F)c(OC)c(F)c2F)cc1. The van der Waals surface area contributed by atoms with Crippen LogP contribution in [0.15, 0.2) is 24.3 Å². The zero-order valence-corrected chi connectivity index (χ0v) is 14.6. The van der Waals surface area contributed by atoms with Gasteiger partial charge in [-0.2, -0.15) is 8.78 Å². The summed E-state index contributed by atoms with van der Waals surface area (Å²) >= 11 is 4.87. The number of hydrogen-bond acceptors (Lipinski definition) is 3. The molecule has 0 aliphatic rings. The Balaban J connectivity index is 2.20. The second-order valence-corrected chi connectivity index (χ2v) is 5.53. The maximum atomic E-state index is 13.9. The summed E-state index contributed by atoms with van der Waals surface area (Å²) in [4.78, 5) is 12.0. The van der Waals surface area contributed by atoms with E-state index in [0.29, 0.717) is 5.69 Å². The van der Waals surface area contributed by atoms with Crippen LogP contribution in [0.1, 0.15) is 22.8 Å². The van der Waals surface area contributed by atoms with Crippen LogP contribution in [0.25, 0.3) is 0 Å². The minimum Gasteiger partial charge on any atom is -0.491 e. The van der Waals surface area contributed by atoms with Crippen molar-refractivity contribution in [2.75, 3.05) is 12.4 Å². The van der Waals surface area contributed by atoms with E-state index >= 15 is 0 Å². The molecule has 0 saturated carbocycles. The van der Waals surface area contributed by atoms with Crippen LogP contribution in [0.4, 0.5) is 23.2 Å². The molecule has 1 amide bonds. The number of methoxy groups -OCH3 is 1. The largest absolute Gasteiger partial charge is 0.491 e. The lowest BCUT2D eigenvalue weighted by atomic mass is 10.1. The average molecular weight is 386 g/mol. The van der Waals surface area contributed by atoms with Crippen molar-refractivity contribution in [1.82, 2.24) is 5.32 Å². The number of hydrogen-bond donors (Lipinski definition) is 2. The summed E-state index contributed by atoms with van der Waals surface area (Å²) in [6.07, 6.45) is 0.828. The molecule has 0 saturated heterocycles. The van der Waals surface area contributed by atoms with Crippen molar-refractivity contribution < 1.29 is 27.1 Å². The van der Waals surface area contributed by atoms with E-state index in [-0.39, 0.29) is 5.11 Å². The first-order chi connectivity index (χ1) is 12.3. The number of thiocarbonyl (C=S) groups is 1. The number of carbonyl (C=O) groups excluding carboxylic acids is 1. The van der Waals surface area contributed by atoms with Crippen LogP contribution < -0.4 is 15.4 Å². The summed E-state index contributed by atoms with van der Waals surface area (Å²) < 4.78 is 59.4. The molecule has 2 N–H and O–H groups in total. The van der Waals surface area contributed by atoms with Crippen molar-refractivity contribution in [3.63, 3.8) is 0 Å². The van der Waals surface area contributed by atoms with Crippen molar-refractivity contribution in [1.29, 1.82) is 0 Å². The topological polar surface area (TPSA) is 50.4 Å². The van der Waals surface area contributed by atoms with Gasteiger partial charge in [0, 0.05) is 5.69 Å². The second-order valence-electron chi connectivity index (χ2n) is 5.12. The quantitative estimate of drug-likeness (QED) is 0.475. The number of halogens is 4. The fourth-order valence-electron chi connectivity index (χ4n) is 2.14. The van der Waals surface area contributed by atoms with Gasteiger partial charge in [-0.15, -0.1) is 0 Å². The van der Waals surface area contributed by atoms with Gasteiger partial charge in [-0.3, -0.25) is 10.1 Å². The predicted molar refractivity (Wildman–Crippen MR) is 92.3 cm³/mol. The van der Waals surface area contributed by atoms with E-state index in [1.807, 2.05) is 24.4 Å². The van der Waals surface area contributed by atoms with Crippen molar-refractivity contribution >= 4 is 28.9 Å². The first kappa shape index (κ1) is 19.6. The highest BCUT2D eigenvalue weighted by atomic mass is 32.1. The molecule has 0 atom stereocenters. The Morgan fingerprint density at radius 1 is 1.04 bits per heavy atom. The van der Waals surface area contributed by atoms with Crippen LogP contribution >= 0.6 is 12.2 Å². The third-order valence-corrected chi connectivity index (χ3v) is 3.71. The Kier molecular flexibility index (Phi) is 6.14. The fourth-order valence-corrected chi connectivity index (χ4v) is 2.35. The zero-order valence-electron chi connectivity index (χ0n) is 13.8. The molecule has 138 valence electrons. The summed E-state index contributed by atoms with van der Waals surface area (Å²) in [6.45, 7) is 1.98. The molecule has 0 radical (unpaired) electrons. The Hall–Kier alpha value is -2.68.